The van der Waals surface area contributed by atoms with Gasteiger partial charge in [-0.1, -0.05) is 34.8 Å². The van der Waals surface area contributed by atoms with Crippen LogP contribution in [0.5, 0.6) is 5.75 Å². The minimum Gasteiger partial charge on any atom is -0.466 e. The van der Waals surface area contributed by atoms with Gasteiger partial charge < -0.3 is 10.1 Å². The fourth-order valence-electron chi connectivity index (χ4n) is 1.90. The van der Waals surface area contributed by atoms with Crippen molar-refractivity contribution in [3.63, 3.8) is 0 Å². The molecule has 2 aromatic carbocycles. The number of benzene rings is 2. The van der Waals surface area contributed by atoms with Crippen molar-refractivity contribution in [2.24, 2.45) is 0 Å². The minimum absolute atomic E-state index is 0.0761. The fourth-order valence-corrected chi connectivity index (χ4v) is 2.19. The van der Waals surface area contributed by atoms with E-state index in [4.69, 9.17) is 39.5 Å². The third-order valence-electron chi connectivity index (χ3n) is 3.20. The molecule has 0 aliphatic heterocycles. The number of ether oxygens (including phenoxy) is 1. The topological polar surface area (TPSA) is 125 Å². The van der Waals surface area contributed by atoms with E-state index in [1.165, 1.54) is 36.4 Å². The summed E-state index contributed by atoms with van der Waals surface area (Å²) in [6.45, 7) is 0. The van der Waals surface area contributed by atoms with Gasteiger partial charge in [0.2, 0.25) is 10.0 Å². The highest BCUT2D eigenvalue weighted by molar-refractivity contribution is 6.68. The number of amides is 1. The minimum atomic E-state index is -2.07. The molecule has 0 aliphatic rings. The SMILES string of the molecule is O=C(NC(Oc1ccc([N+](=O)[O-])cc1)C(Cl)(Cl)Cl)c1ccc([N+](=O)[O-])cc1. The molecule has 142 valence electrons. The summed E-state index contributed by atoms with van der Waals surface area (Å²) in [5.41, 5.74) is -0.276. The first-order valence-electron chi connectivity index (χ1n) is 7.11. The van der Waals surface area contributed by atoms with E-state index in [9.17, 15) is 25.0 Å². The summed E-state index contributed by atoms with van der Waals surface area (Å²) in [5.74, 6) is -0.593. The maximum absolute atomic E-state index is 12.3. The predicted octanol–water partition coefficient (Wildman–Crippen LogP) is 4.01. The Morgan fingerprint density at radius 1 is 0.926 bits per heavy atom. The highest BCUT2D eigenvalue weighted by atomic mass is 35.6. The Hall–Kier alpha value is -2.62. The van der Waals surface area contributed by atoms with E-state index >= 15 is 0 Å². The second-order valence-electron chi connectivity index (χ2n) is 5.07. The number of hydrogen-bond acceptors (Lipinski definition) is 6. The van der Waals surface area contributed by atoms with Gasteiger partial charge in [0.15, 0.2) is 0 Å². The lowest BCUT2D eigenvalue weighted by Gasteiger charge is -2.26. The lowest BCUT2D eigenvalue weighted by molar-refractivity contribution is -0.385. The van der Waals surface area contributed by atoms with Crippen molar-refractivity contribution in [3.8, 4) is 5.75 Å². The van der Waals surface area contributed by atoms with Crippen molar-refractivity contribution in [2.45, 2.75) is 10.0 Å². The third kappa shape index (κ3) is 5.68. The maximum atomic E-state index is 12.3. The Labute approximate surface area is 167 Å². The molecule has 2 rings (SSSR count). The highest BCUT2D eigenvalue weighted by Gasteiger charge is 2.36. The van der Waals surface area contributed by atoms with Crippen LogP contribution in [-0.4, -0.2) is 25.8 Å². The first-order valence-corrected chi connectivity index (χ1v) is 8.24. The van der Waals surface area contributed by atoms with E-state index in [2.05, 4.69) is 5.32 Å². The van der Waals surface area contributed by atoms with E-state index in [0.717, 1.165) is 12.1 Å². The Kier molecular flexibility index (Phi) is 6.42. The quantitative estimate of drug-likeness (QED) is 0.317. The molecule has 0 heterocycles. The van der Waals surface area contributed by atoms with E-state index in [1.807, 2.05) is 0 Å². The number of non-ortho nitro benzene ring substituents is 2. The number of nitrogens with zero attached hydrogens (tertiary/aromatic N) is 2. The van der Waals surface area contributed by atoms with Crippen molar-refractivity contribution in [3.05, 3.63) is 74.3 Å². The molecule has 0 fully saturated rings. The van der Waals surface area contributed by atoms with Gasteiger partial charge in [-0.15, -0.1) is 0 Å². The molecule has 0 saturated heterocycles. The number of nitro benzene ring substituents is 2. The molecule has 0 radical (unpaired) electrons. The number of nitro groups is 2. The summed E-state index contributed by atoms with van der Waals surface area (Å²) in [5, 5.41) is 23.7. The zero-order chi connectivity index (χ0) is 20.2. The summed E-state index contributed by atoms with van der Waals surface area (Å²) in [4.78, 5) is 32.4. The van der Waals surface area contributed by atoms with Gasteiger partial charge in [0.1, 0.15) is 5.75 Å². The number of halogens is 3. The molecular weight excluding hydrogens is 425 g/mol. The van der Waals surface area contributed by atoms with Crippen molar-refractivity contribution in [2.75, 3.05) is 0 Å². The van der Waals surface area contributed by atoms with Crippen molar-refractivity contribution in [1.82, 2.24) is 5.32 Å². The number of rotatable bonds is 6. The summed E-state index contributed by atoms with van der Waals surface area (Å²) in [6, 6.07) is 9.68. The molecule has 1 N–H and O–H groups in total. The van der Waals surface area contributed by atoms with Crippen molar-refractivity contribution >= 4 is 52.1 Å². The molecule has 1 amide bonds. The molecule has 1 atom stereocenters. The van der Waals surface area contributed by atoms with Gasteiger partial charge in [-0.05, 0) is 24.3 Å². The number of alkyl halides is 3. The molecule has 0 aromatic heterocycles. The van der Waals surface area contributed by atoms with Gasteiger partial charge in [0, 0.05) is 29.8 Å². The normalized spacial score (nSPS) is 12.1. The predicted molar refractivity (Wildman–Crippen MR) is 98.4 cm³/mol. The van der Waals surface area contributed by atoms with Crippen LogP contribution in [-0.2, 0) is 0 Å². The molecule has 0 saturated carbocycles. The fraction of sp³-hybridized carbons (Fsp3) is 0.133. The monoisotopic (exact) mass is 433 g/mol. The Bertz CT molecular complexity index is 853. The number of nitrogens with one attached hydrogen (secondary N) is 1. The first-order chi connectivity index (χ1) is 12.6. The molecule has 12 heteroatoms. The van der Waals surface area contributed by atoms with Crippen LogP contribution < -0.4 is 10.1 Å². The van der Waals surface area contributed by atoms with Crippen LogP contribution in [0.1, 0.15) is 10.4 Å². The second kappa shape index (κ2) is 8.38. The van der Waals surface area contributed by atoms with Crippen LogP contribution in [0.2, 0.25) is 0 Å². The molecule has 0 bridgehead atoms. The number of carbonyl (C=O) groups is 1. The number of hydrogen-bond donors (Lipinski definition) is 1. The van der Waals surface area contributed by atoms with E-state index < -0.39 is 25.8 Å². The van der Waals surface area contributed by atoms with Crippen molar-refractivity contribution < 1.29 is 19.4 Å². The van der Waals surface area contributed by atoms with Crippen LogP contribution in [0.4, 0.5) is 11.4 Å². The van der Waals surface area contributed by atoms with Gasteiger partial charge in [-0.2, -0.15) is 0 Å². The highest BCUT2D eigenvalue weighted by Crippen LogP contribution is 2.32. The maximum Gasteiger partial charge on any atom is 0.269 e. The molecule has 27 heavy (non-hydrogen) atoms. The van der Waals surface area contributed by atoms with Crippen LogP contribution in [0, 0.1) is 20.2 Å². The average molecular weight is 435 g/mol. The zero-order valence-corrected chi connectivity index (χ0v) is 15.4. The lowest BCUT2D eigenvalue weighted by Crippen LogP contribution is -2.47. The van der Waals surface area contributed by atoms with Crippen LogP contribution >= 0.6 is 34.8 Å². The summed E-state index contributed by atoms with van der Waals surface area (Å²) < 4.78 is 3.34. The van der Waals surface area contributed by atoms with Crippen LogP contribution in [0.3, 0.4) is 0 Å². The first kappa shape index (κ1) is 20.7. The third-order valence-corrected chi connectivity index (χ3v) is 3.80. The van der Waals surface area contributed by atoms with E-state index in [-0.39, 0.29) is 22.7 Å². The van der Waals surface area contributed by atoms with Gasteiger partial charge in [0.05, 0.1) is 9.85 Å². The summed E-state index contributed by atoms with van der Waals surface area (Å²) in [7, 11) is 0. The van der Waals surface area contributed by atoms with Crippen LogP contribution in [0.15, 0.2) is 48.5 Å². The van der Waals surface area contributed by atoms with Gasteiger partial charge in [-0.3, -0.25) is 25.0 Å². The molecule has 1 unspecified atom stereocenters. The molecular formula is C15H10Cl3N3O6. The van der Waals surface area contributed by atoms with E-state index in [1.54, 1.807) is 0 Å². The van der Waals surface area contributed by atoms with Gasteiger partial charge >= 0.3 is 0 Å². The Balaban J connectivity index is 2.15. The lowest BCUT2D eigenvalue weighted by atomic mass is 10.2. The summed E-state index contributed by atoms with van der Waals surface area (Å²) >= 11 is 17.5. The molecule has 9 nitrogen and oxygen atoms in total. The van der Waals surface area contributed by atoms with Gasteiger partial charge in [0.25, 0.3) is 17.3 Å². The number of carbonyl (C=O) groups excluding carboxylic acids is 1. The van der Waals surface area contributed by atoms with Crippen molar-refractivity contribution in [1.29, 1.82) is 0 Å². The van der Waals surface area contributed by atoms with Crippen LogP contribution in [0.25, 0.3) is 0 Å². The standard InChI is InChI=1S/C15H10Cl3N3O6/c16-15(17,18)14(27-12-7-5-11(6-8-12)21(25)26)19-13(22)9-1-3-10(4-2-9)20(23)24/h1-8,14H,(H,19,22). The smallest absolute Gasteiger partial charge is 0.269 e. The molecule has 0 spiro atoms. The second-order valence-corrected chi connectivity index (χ2v) is 7.44. The molecule has 2 aromatic rings. The molecule has 0 aliphatic carbocycles. The summed E-state index contributed by atoms with van der Waals surface area (Å²) in [6.07, 6.45) is -1.44. The Morgan fingerprint density at radius 2 is 1.37 bits per heavy atom. The zero-order valence-electron chi connectivity index (χ0n) is 13.2. The van der Waals surface area contributed by atoms with Gasteiger partial charge in [-0.25, -0.2) is 0 Å². The largest absolute Gasteiger partial charge is 0.466 e. The Morgan fingerprint density at radius 3 is 1.78 bits per heavy atom. The van der Waals surface area contributed by atoms with E-state index in [0.29, 0.717) is 0 Å². The average Bonchev–Trinajstić information content (AvgIpc) is 2.60.